The van der Waals surface area contributed by atoms with Crippen molar-refractivity contribution in [2.24, 2.45) is 5.73 Å². The molecule has 0 spiro atoms. The van der Waals surface area contributed by atoms with Crippen molar-refractivity contribution in [1.82, 2.24) is 0 Å². The summed E-state index contributed by atoms with van der Waals surface area (Å²) in [7, 11) is 1.80. The molecule has 0 unspecified atom stereocenters. The van der Waals surface area contributed by atoms with Crippen molar-refractivity contribution in [1.29, 1.82) is 5.41 Å². The second-order valence-electron chi connectivity index (χ2n) is 4.47. The Morgan fingerprint density at radius 2 is 1.79 bits per heavy atom. The van der Waals surface area contributed by atoms with Gasteiger partial charge in [0.1, 0.15) is 11.7 Å². The van der Waals surface area contributed by atoms with Gasteiger partial charge in [-0.25, -0.2) is 4.39 Å². The molecular formula is C15H16FN3. The number of aryl methyl sites for hydroxylation is 1. The Morgan fingerprint density at radius 3 is 2.32 bits per heavy atom. The molecule has 0 aliphatic rings. The van der Waals surface area contributed by atoms with E-state index in [1.54, 1.807) is 24.1 Å². The van der Waals surface area contributed by atoms with Gasteiger partial charge in [0.05, 0.1) is 5.69 Å². The number of halogens is 1. The first-order valence-electron chi connectivity index (χ1n) is 5.93. The third kappa shape index (κ3) is 2.73. The molecule has 0 aliphatic heterocycles. The number of rotatable bonds is 3. The van der Waals surface area contributed by atoms with Gasteiger partial charge in [-0.2, -0.15) is 0 Å². The molecule has 19 heavy (non-hydrogen) atoms. The van der Waals surface area contributed by atoms with E-state index in [9.17, 15) is 4.39 Å². The summed E-state index contributed by atoms with van der Waals surface area (Å²) in [6.07, 6.45) is 0. The molecular weight excluding hydrogens is 241 g/mol. The highest BCUT2D eigenvalue weighted by atomic mass is 19.1. The van der Waals surface area contributed by atoms with E-state index in [1.165, 1.54) is 6.07 Å². The largest absolute Gasteiger partial charge is 0.384 e. The lowest BCUT2D eigenvalue weighted by molar-refractivity contribution is 0.627. The fraction of sp³-hybridized carbons (Fsp3) is 0.133. The van der Waals surface area contributed by atoms with E-state index in [0.29, 0.717) is 11.3 Å². The Bertz CT molecular complexity index is 605. The highest BCUT2D eigenvalue weighted by molar-refractivity contribution is 5.95. The minimum Gasteiger partial charge on any atom is -0.384 e. The molecule has 0 amide bonds. The quantitative estimate of drug-likeness (QED) is 0.655. The summed E-state index contributed by atoms with van der Waals surface area (Å²) in [5.74, 6) is -0.529. The number of nitrogens with one attached hydrogen (secondary N) is 1. The molecule has 0 atom stereocenters. The van der Waals surface area contributed by atoms with Gasteiger partial charge in [-0.05, 0) is 37.3 Å². The summed E-state index contributed by atoms with van der Waals surface area (Å²) in [4.78, 5) is 1.76. The SMILES string of the molecule is Cc1ccc(N(C)c2ccc(C(=N)N)cc2F)cc1. The van der Waals surface area contributed by atoms with Crippen LogP contribution in [0.4, 0.5) is 15.8 Å². The maximum atomic E-state index is 14.0. The van der Waals surface area contributed by atoms with E-state index < -0.39 is 5.82 Å². The minimum absolute atomic E-state index is 0.136. The highest BCUT2D eigenvalue weighted by Crippen LogP contribution is 2.26. The van der Waals surface area contributed by atoms with E-state index in [0.717, 1.165) is 11.3 Å². The average molecular weight is 257 g/mol. The summed E-state index contributed by atoms with van der Waals surface area (Å²) in [6.45, 7) is 2.01. The summed E-state index contributed by atoms with van der Waals surface area (Å²) >= 11 is 0. The van der Waals surface area contributed by atoms with Gasteiger partial charge in [0.2, 0.25) is 0 Å². The molecule has 2 aromatic carbocycles. The number of anilines is 2. The Morgan fingerprint density at radius 1 is 1.16 bits per heavy atom. The lowest BCUT2D eigenvalue weighted by Gasteiger charge is -2.20. The van der Waals surface area contributed by atoms with Crippen LogP contribution < -0.4 is 10.6 Å². The summed E-state index contributed by atoms with van der Waals surface area (Å²) in [6, 6.07) is 12.4. The molecule has 2 rings (SSSR count). The number of benzene rings is 2. The second-order valence-corrected chi connectivity index (χ2v) is 4.47. The van der Waals surface area contributed by atoms with Crippen molar-refractivity contribution < 1.29 is 4.39 Å². The molecule has 0 radical (unpaired) electrons. The van der Waals surface area contributed by atoms with Crippen molar-refractivity contribution in [2.75, 3.05) is 11.9 Å². The fourth-order valence-electron chi connectivity index (χ4n) is 1.85. The number of nitrogen functional groups attached to an aromatic ring is 1. The van der Waals surface area contributed by atoms with E-state index >= 15 is 0 Å². The van der Waals surface area contributed by atoms with Crippen LogP contribution in [0.25, 0.3) is 0 Å². The minimum atomic E-state index is -0.393. The topological polar surface area (TPSA) is 53.1 Å². The fourth-order valence-corrected chi connectivity index (χ4v) is 1.85. The van der Waals surface area contributed by atoms with E-state index in [2.05, 4.69) is 0 Å². The van der Waals surface area contributed by atoms with Crippen molar-refractivity contribution in [3.8, 4) is 0 Å². The number of nitrogens with two attached hydrogens (primary N) is 1. The molecule has 4 heteroatoms. The predicted octanol–water partition coefficient (Wildman–Crippen LogP) is 3.19. The summed E-state index contributed by atoms with van der Waals surface area (Å²) < 4.78 is 14.0. The standard InChI is InChI=1S/C15H16FN3/c1-10-3-6-12(7-4-10)19(2)14-8-5-11(15(17)18)9-13(14)16/h3-9H,1-2H3,(H3,17,18). The zero-order valence-electron chi connectivity index (χ0n) is 10.9. The number of hydrogen-bond acceptors (Lipinski definition) is 2. The molecule has 0 bridgehead atoms. The van der Waals surface area contributed by atoms with Gasteiger partial charge in [-0.3, -0.25) is 5.41 Å². The van der Waals surface area contributed by atoms with Crippen LogP contribution in [0.2, 0.25) is 0 Å². The Labute approximate surface area is 112 Å². The maximum absolute atomic E-state index is 14.0. The van der Waals surface area contributed by atoms with Crippen molar-refractivity contribution >= 4 is 17.2 Å². The first kappa shape index (κ1) is 13.1. The van der Waals surface area contributed by atoms with Gasteiger partial charge in [-0.15, -0.1) is 0 Å². The average Bonchev–Trinajstić information content (AvgIpc) is 2.38. The molecule has 0 aliphatic carbocycles. The lowest BCUT2D eigenvalue weighted by atomic mass is 10.1. The second kappa shape index (κ2) is 5.10. The normalized spacial score (nSPS) is 10.3. The molecule has 3 nitrogen and oxygen atoms in total. The van der Waals surface area contributed by atoms with Crippen LogP contribution in [-0.2, 0) is 0 Å². The van der Waals surface area contributed by atoms with Crippen molar-refractivity contribution in [2.45, 2.75) is 6.92 Å². The Balaban J connectivity index is 2.36. The molecule has 0 fully saturated rings. The molecule has 3 N–H and O–H groups in total. The van der Waals surface area contributed by atoms with Gasteiger partial charge in [-0.1, -0.05) is 17.7 Å². The van der Waals surface area contributed by atoms with Crippen LogP contribution in [0.1, 0.15) is 11.1 Å². The van der Waals surface area contributed by atoms with Gasteiger partial charge in [0.15, 0.2) is 0 Å². The van der Waals surface area contributed by atoms with Gasteiger partial charge in [0, 0.05) is 18.3 Å². The molecule has 2 aromatic rings. The van der Waals surface area contributed by atoms with Crippen LogP contribution in [0.5, 0.6) is 0 Å². The first-order valence-corrected chi connectivity index (χ1v) is 5.93. The Hall–Kier alpha value is -2.36. The number of hydrogen-bond donors (Lipinski definition) is 2. The maximum Gasteiger partial charge on any atom is 0.147 e. The van der Waals surface area contributed by atoms with Crippen LogP contribution >= 0.6 is 0 Å². The number of nitrogens with zero attached hydrogens (tertiary/aromatic N) is 1. The van der Waals surface area contributed by atoms with Crippen LogP contribution in [0.15, 0.2) is 42.5 Å². The van der Waals surface area contributed by atoms with Gasteiger partial charge >= 0.3 is 0 Å². The summed E-state index contributed by atoms with van der Waals surface area (Å²) in [5.41, 5.74) is 8.24. The monoisotopic (exact) mass is 257 g/mol. The highest BCUT2D eigenvalue weighted by Gasteiger charge is 2.10. The smallest absolute Gasteiger partial charge is 0.147 e. The van der Waals surface area contributed by atoms with Crippen LogP contribution in [-0.4, -0.2) is 12.9 Å². The lowest BCUT2D eigenvalue weighted by Crippen LogP contribution is -2.14. The third-order valence-corrected chi connectivity index (χ3v) is 3.04. The summed E-state index contributed by atoms with van der Waals surface area (Å²) in [5, 5.41) is 7.30. The number of amidine groups is 1. The van der Waals surface area contributed by atoms with Crippen molar-refractivity contribution in [3.05, 3.63) is 59.4 Å². The van der Waals surface area contributed by atoms with Crippen LogP contribution in [0.3, 0.4) is 0 Å². The van der Waals surface area contributed by atoms with Gasteiger partial charge < -0.3 is 10.6 Å². The third-order valence-electron chi connectivity index (χ3n) is 3.04. The van der Waals surface area contributed by atoms with Gasteiger partial charge in [0.25, 0.3) is 0 Å². The molecule has 0 saturated heterocycles. The van der Waals surface area contributed by atoms with E-state index in [4.69, 9.17) is 11.1 Å². The van der Waals surface area contributed by atoms with Crippen LogP contribution in [0, 0.1) is 18.2 Å². The first-order chi connectivity index (χ1) is 8.99. The Kier molecular flexibility index (Phi) is 3.51. The molecule has 0 saturated carbocycles. The zero-order valence-corrected chi connectivity index (χ0v) is 10.9. The molecule has 0 heterocycles. The zero-order chi connectivity index (χ0) is 14.0. The van der Waals surface area contributed by atoms with E-state index in [-0.39, 0.29) is 5.84 Å². The van der Waals surface area contributed by atoms with E-state index in [1.807, 2.05) is 31.2 Å². The predicted molar refractivity (Wildman–Crippen MR) is 76.7 cm³/mol. The molecule has 98 valence electrons. The van der Waals surface area contributed by atoms with Crippen molar-refractivity contribution in [3.63, 3.8) is 0 Å². The molecule has 0 aromatic heterocycles.